The topological polar surface area (TPSA) is 63.8 Å². The third-order valence-electron chi connectivity index (χ3n) is 10.9. The summed E-state index contributed by atoms with van der Waals surface area (Å²) in [4.78, 5) is 22.3. The van der Waals surface area contributed by atoms with Crippen molar-refractivity contribution < 1.29 is 16.5 Å². The fourth-order valence-electron chi connectivity index (χ4n) is 8.47. The smallest absolute Gasteiger partial charge is 0.657 e. The maximum atomic E-state index is 5.62. The van der Waals surface area contributed by atoms with E-state index in [0.717, 1.165) is 112 Å². The Morgan fingerprint density at radius 2 is 0.561 bits per heavy atom. The Hall–Kier alpha value is -6.95. The summed E-state index contributed by atoms with van der Waals surface area (Å²) in [6.45, 7) is 0. The van der Waals surface area contributed by atoms with Crippen LogP contribution in [-0.4, -0.2) is 19.1 Å². The van der Waals surface area contributed by atoms with E-state index in [4.69, 9.17) is 19.9 Å². The van der Waals surface area contributed by atoms with Gasteiger partial charge in [-0.05, 0) is 44.5 Å². The van der Waals surface area contributed by atoms with Crippen molar-refractivity contribution in [1.29, 1.82) is 0 Å². The summed E-state index contributed by atoms with van der Waals surface area (Å²) in [5, 5.41) is 0. The molecule has 0 atom stereocenters. The Bertz CT molecular complexity index is 2720. The van der Waals surface area contributed by atoms with E-state index in [2.05, 4.69) is 194 Å². The van der Waals surface area contributed by atoms with Crippen LogP contribution in [0.5, 0.6) is 0 Å². The van der Waals surface area contributed by atoms with Crippen LogP contribution in [0.3, 0.4) is 0 Å². The van der Waals surface area contributed by atoms with Gasteiger partial charge in [0.05, 0.1) is 22.8 Å². The minimum atomic E-state index is 0. The zero-order valence-electron chi connectivity index (χ0n) is 31.2. The van der Waals surface area contributed by atoms with Crippen molar-refractivity contribution in [2.24, 2.45) is 14.1 Å². The van der Waals surface area contributed by atoms with Gasteiger partial charge in [0.1, 0.15) is 0 Å². The van der Waals surface area contributed by atoms with Crippen molar-refractivity contribution in [2.45, 2.75) is 0 Å². The molecule has 0 saturated heterocycles. The fraction of sp³-hybridized carbons (Fsp3) is 0.0400. The first-order valence-electron chi connectivity index (χ1n) is 18.8. The number of rotatable bonds is 4. The monoisotopic (exact) mass is 776 g/mol. The van der Waals surface area contributed by atoms with Crippen molar-refractivity contribution in [1.82, 2.24) is 29.1 Å². The van der Waals surface area contributed by atoms with Crippen molar-refractivity contribution in [3.63, 3.8) is 0 Å². The van der Waals surface area contributed by atoms with Crippen molar-refractivity contribution in [3.8, 4) is 89.5 Å². The van der Waals surface area contributed by atoms with Crippen LogP contribution in [0.4, 0.5) is 0 Å². The van der Waals surface area contributed by atoms with Crippen molar-refractivity contribution in [2.75, 3.05) is 0 Å². The van der Waals surface area contributed by atoms with Crippen molar-refractivity contribution in [3.05, 3.63) is 170 Å². The maximum Gasteiger partial charge on any atom is 2.00 e. The molecule has 11 rings (SSSR count). The van der Waals surface area contributed by atoms with E-state index in [-0.39, 0.29) is 16.5 Å². The molecule has 7 heteroatoms. The Morgan fingerprint density at radius 1 is 0.333 bits per heavy atom. The molecular weight excluding hydrogens is 743 g/mol. The van der Waals surface area contributed by atoms with Gasteiger partial charge in [0, 0.05) is 61.1 Å². The molecule has 0 aliphatic carbocycles. The van der Waals surface area contributed by atoms with Crippen LogP contribution >= 0.6 is 0 Å². The normalized spacial score (nSPS) is 11.5. The number of benzene rings is 4. The first kappa shape index (κ1) is 34.5. The third kappa shape index (κ3) is 5.62. The van der Waals surface area contributed by atoms with Crippen LogP contribution in [-0.2, 0) is 30.6 Å². The molecule has 8 bridgehead atoms. The number of hydrogen-bond acceptors (Lipinski definition) is 2. The summed E-state index contributed by atoms with van der Waals surface area (Å²) in [6.07, 6.45) is 8.72. The van der Waals surface area contributed by atoms with E-state index in [9.17, 15) is 0 Å². The molecule has 0 N–H and O–H groups in total. The second kappa shape index (κ2) is 13.7. The van der Waals surface area contributed by atoms with E-state index in [1.807, 2.05) is 0 Å². The number of hydrogen-bond donors (Lipinski definition) is 0. The SMILES string of the molecule is Cn1cc2c(c1)-c1nc-2c(-c2ccccc2)c2ccc([n-]2)c(-c2ccccc2)c2nc(c(-c3ccccc3)c3ccc([n-]3)c1-c1ccccc1)-c1cn(C)cc1-2.[Ni+2]. The van der Waals surface area contributed by atoms with E-state index in [1.165, 1.54) is 0 Å². The molecule has 0 spiro atoms. The van der Waals surface area contributed by atoms with Gasteiger partial charge in [0.15, 0.2) is 0 Å². The summed E-state index contributed by atoms with van der Waals surface area (Å²) in [6, 6.07) is 50.6. The molecule has 0 saturated carbocycles. The molecule has 2 aliphatic rings. The summed E-state index contributed by atoms with van der Waals surface area (Å²) in [7, 11) is 4.16. The Kier molecular flexibility index (Phi) is 8.28. The van der Waals surface area contributed by atoms with E-state index < -0.39 is 0 Å². The first-order chi connectivity index (χ1) is 27.6. The third-order valence-corrected chi connectivity index (χ3v) is 10.9. The molecule has 9 aromatic rings. The Labute approximate surface area is 340 Å². The van der Waals surface area contributed by atoms with Gasteiger partial charge in [-0.2, -0.15) is 0 Å². The molecule has 274 valence electrons. The first-order valence-corrected chi connectivity index (χ1v) is 18.8. The van der Waals surface area contributed by atoms with Crippen LogP contribution in [0.15, 0.2) is 170 Å². The zero-order valence-corrected chi connectivity index (χ0v) is 32.2. The molecule has 6 nitrogen and oxygen atoms in total. The quantitative estimate of drug-likeness (QED) is 0.167. The van der Waals surface area contributed by atoms with Crippen LogP contribution in [0.2, 0.25) is 0 Å². The summed E-state index contributed by atoms with van der Waals surface area (Å²) < 4.78 is 4.26. The van der Waals surface area contributed by atoms with E-state index in [1.54, 1.807) is 0 Å². The molecule has 0 amide bonds. The summed E-state index contributed by atoms with van der Waals surface area (Å²) in [5.41, 5.74) is 19.3. The largest absolute Gasteiger partial charge is 2.00 e. The van der Waals surface area contributed by atoms with Gasteiger partial charge in [-0.25, -0.2) is 9.97 Å². The molecule has 0 radical (unpaired) electrons. The Balaban J connectivity index is 0.00000396. The van der Waals surface area contributed by atoms with Gasteiger partial charge in [-0.15, -0.1) is 22.1 Å². The maximum absolute atomic E-state index is 5.62. The minimum absolute atomic E-state index is 0. The molecule has 7 heterocycles. The van der Waals surface area contributed by atoms with Crippen LogP contribution in [0.25, 0.3) is 112 Å². The summed E-state index contributed by atoms with van der Waals surface area (Å²) in [5.74, 6) is 0. The molecular formula is C50H34N6Ni. The summed E-state index contributed by atoms with van der Waals surface area (Å²) >= 11 is 0. The number of fused-ring (bicyclic) bond motifs is 14. The average Bonchev–Trinajstić information content (AvgIpc) is 4.10. The predicted octanol–water partition coefficient (Wildman–Crippen LogP) is 11.6. The predicted molar refractivity (Wildman–Crippen MR) is 227 cm³/mol. The molecule has 0 fully saturated rings. The van der Waals surface area contributed by atoms with E-state index >= 15 is 0 Å². The molecule has 5 aromatic heterocycles. The van der Waals surface area contributed by atoms with Gasteiger partial charge in [-0.3, -0.25) is 0 Å². The van der Waals surface area contributed by atoms with Crippen LogP contribution in [0.1, 0.15) is 0 Å². The van der Waals surface area contributed by atoms with Crippen LogP contribution < -0.4 is 9.97 Å². The molecule has 57 heavy (non-hydrogen) atoms. The Morgan fingerprint density at radius 3 is 0.789 bits per heavy atom. The number of nitrogens with zero attached hydrogens (tertiary/aromatic N) is 6. The van der Waals surface area contributed by atoms with Gasteiger partial charge in [0.25, 0.3) is 0 Å². The van der Waals surface area contributed by atoms with E-state index in [0.29, 0.717) is 0 Å². The zero-order chi connectivity index (χ0) is 37.3. The van der Waals surface area contributed by atoms with Gasteiger partial charge in [-0.1, -0.05) is 146 Å². The fourth-order valence-corrected chi connectivity index (χ4v) is 8.47. The van der Waals surface area contributed by atoms with Crippen LogP contribution in [0, 0.1) is 0 Å². The number of aryl methyl sites for hydroxylation is 2. The van der Waals surface area contributed by atoms with Gasteiger partial charge < -0.3 is 19.1 Å². The minimum Gasteiger partial charge on any atom is -0.657 e. The molecule has 0 unspecified atom stereocenters. The molecule has 2 aliphatic heterocycles. The average molecular weight is 778 g/mol. The molecule has 4 aromatic carbocycles. The standard InChI is InChI=1S/C50H34N6.Ni/c1-55-27-35-36(28-55)48-44(32-17-9-4-10-18-32)40-24-26-42(52-40)46(34-21-13-6-14-22-34)50-38-30-56(2)29-37(38)49(54-50)45(33-19-11-5-12-20-33)41-25-23-39(51-41)43(47(35)53-48)31-15-7-3-8-16-31;/h3-30H,1-2H3;/q-2;+2. The van der Waals surface area contributed by atoms with Gasteiger partial charge in [0.2, 0.25) is 0 Å². The number of aromatic nitrogens is 6. The van der Waals surface area contributed by atoms with Gasteiger partial charge >= 0.3 is 16.5 Å². The second-order valence-electron chi connectivity index (χ2n) is 14.5. The second-order valence-corrected chi connectivity index (χ2v) is 14.5. The van der Waals surface area contributed by atoms with Crippen molar-refractivity contribution >= 4 is 22.1 Å².